The van der Waals surface area contributed by atoms with Crippen LogP contribution in [-0.2, 0) is 0 Å². The normalized spacial score (nSPS) is 11.0. The van der Waals surface area contributed by atoms with E-state index in [1.54, 1.807) is 4.98 Å². The first-order valence-electron chi connectivity index (χ1n) is 5.53. The van der Waals surface area contributed by atoms with E-state index in [1.807, 2.05) is 0 Å². The van der Waals surface area contributed by atoms with Crippen LogP contribution in [0, 0.1) is 15.9 Å². The topological polar surface area (TPSA) is 109 Å². The molecule has 0 radical (unpaired) electrons. The molecule has 9 heteroatoms. The fourth-order valence-corrected chi connectivity index (χ4v) is 1.86. The fourth-order valence-electron chi connectivity index (χ4n) is 1.64. The third-order valence-electron chi connectivity index (χ3n) is 2.54. The Kier molecular flexibility index (Phi) is 3.99. The number of H-pyrrole nitrogens is 2. The SMILES string of the molecule is O=c1[nH]c(/C=C/c2c(F)cccc2Cl)c([N+](=O)[O-])c(=O)[nH]1. The van der Waals surface area contributed by atoms with Crippen LogP contribution in [0.5, 0.6) is 0 Å². The first-order chi connectivity index (χ1) is 9.90. The number of aromatic amines is 2. The van der Waals surface area contributed by atoms with E-state index >= 15 is 0 Å². The molecule has 108 valence electrons. The molecule has 0 saturated carbocycles. The Labute approximate surface area is 120 Å². The molecule has 0 aliphatic rings. The molecule has 2 aromatic rings. The predicted octanol–water partition coefficient (Wildman–Crippen LogP) is 1.93. The number of nitrogens with zero attached hydrogens (tertiary/aromatic N) is 1. The van der Waals surface area contributed by atoms with Crippen LogP contribution in [0.25, 0.3) is 12.2 Å². The van der Waals surface area contributed by atoms with Gasteiger partial charge in [0, 0.05) is 5.56 Å². The van der Waals surface area contributed by atoms with Crippen LogP contribution in [-0.4, -0.2) is 14.9 Å². The summed E-state index contributed by atoms with van der Waals surface area (Å²) in [4.78, 5) is 36.3. The molecule has 0 aliphatic heterocycles. The minimum absolute atomic E-state index is 0.0189. The Morgan fingerprint density at radius 1 is 1.24 bits per heavy atom. The second-order valence-corrected chi connectivity index (χ2v) is 4.30. The summed E-state index contributed by atoms with van der Waals surface area (Å²) in [5.74, 6) is -0.645. The van der Waals surface area contributed by atoms with E-state index in [4.69, 9.17) is 11.6 Å². The van der Waals surface area contributed by atoms with Crippen molar-refractivity contribution in [1.82, 2.24) is 9.97 Å². The van der Waals surface area contributed by atoms with Crippen molar-refractivity contribution in [1.29, 1.82) is 0 Å². The van der Waals surface area contributed by atoms with E-state index in [9.17, 15) is 24.1 Å². The molecule has 21 heavy (non-hydrogen) atoms. The van der Waals surface area contributed by atoms with Crippen molar-refractivity contribution in [3.63, 3.8) is 0 Å². The van der Waals surface area contributed by atoms with Crippen LogP contribution in [0.2, 0.25) is 5.02 Å². The van der Waals surface area contributed by atoms with Crippen LogP contribution in [0.4, 0.5) is 10.1 Å². The number of halogens is 2. The largest absolute Gasteiger partial charge is 0.357 e. The molecule has 2 rings (SSSR count). The highest BCUT2D eigenvalue weighted by molar-refractivity contribution is 6.32. The third kappa shape index (κ3) is 3.06. The summed E-state index contributed by atoms with van der Waals surface area (Å²) in [6, 6.07) is 3.98. The monoisotopic (exact) mass is 311 g/mol. The van der Waals surface area contributed by atoms with Crippen molar-refractivity contribution in [2.45, 2.75) is 0 Å². The van der Waals surface area contributed by atoms with E-state index in [1.165, 1.54) is 12.1 Å². The summed E-state index contributed by atoms with van der Waals surface area (Å²) in [6.07, 6.45) is 2.18. The van der Waals surface area contributed by atoms with Crippen molar-refractivity contribution < 1.29 is 9.31 Å². The zero-order valence-electron chi connectivity index (χ0n) is 10.2. The number of hydrogen-bond donors (Lipinski definition) is 2. The van der Waals surface area contributed by atoms with Crippen LogP contribution in [0.3, 0.4) is 0 Å². The Hall–Kier alpha value is -2.74. The van der Waals surface area contributed by atoms with E-state index in [-0.39, 0.29) is 16.3 Å². The molecule has 0 saturated heterocycles. The minimum Gasteiger partial charge on any atom is -0.301 e. The lowest BCUT2D eigenvalue weighted by atomic mass is 10.2. The van der Waals surface area contributed by atoms with Gasteiger partial charge >= 0.3 is 16.9 Å². The molecule has 2 N–H and O–H groups in total. The molecule has 0 aliphatic carbocycles. The predicted molar refractivity (Wildman–Crippen MR) is 74.7 cm³/mol. The van der Waals surface area contributed by atoms with Crippen LogP contribution >= 0.6 is 11.6 Å². The molecule has 0 unspecified atom stereocenters. The molecule has 0 bridgehead atoms. The number of aromatic nitrogens is 2. The Balaban J connectivity index is 2.59. The zero-order chi connectivity index (χ0) is 15.6. The Morgan fingerprint density at radius 3 is 2.57 bits per heavy atom. The summed E-state index contributed by atoms with van der Waals surface area (Å²) in [7, 11) is 0. The molecule has 0 amide bonds. The molecule has 1 aromatic carbocycles. The summed E-state index contributed by atoms with van der Waals surface area (Å²) >= 11 is 5.80. The number of benzene rings is 1. The number of nitro groups is 1. The maximum absolute atomic E-state index is 13.6. The van der Waals surface area contributed by atoms with Crippen molar-refractivity contribution in [2.24, 2.45) is 0 Å². The number of hydrogen-bond acceptors (Lipinski definition) is 4. The first-order valence-corrected chi connectivity index (χ1v) is 5.91. The van der Waals surface area contributed by atoms with E-state index in [0.717, 1.165) is 18.2 Å². The summed E-state index contributed by atoms with van der Waals surface area (Å²) < 4.78 is 13.6. The number of rotatable bonds is 3. The summed E-state index contributed by atoms with van der Waals surface area (Å²) in [5, 5.41) is 10.9. The van der Waals surface area contributed by atoms with Gasteiger partial charge in [0.25, 0.3) is 0 Å². The van der Waals surface area contributed by atoms with Crippen LogP contribution in [0.15, 0.2) is 27.8 Å². The van der Waals surface area contributed by atoms with Gasteiger partial charge in [0.15, 0.2) is 0 Å². The van der Waals surface area contributed by atoms with Gasteiger partial charge in [0.2, 0.25) is 0 Å². The van der Waals surface area contributed by atoms with Gasteiger partial charge in [-0.2, -0.15) is 0 Å². The minimum atomic E-state index is -1.15. The first kappa shape index (κ1) is 14.7. The van der Waals surface area contributed by atoms with Gasteiger partial charge < -0.3 is 4.98 Å². The molecular formula is C12H7ClFN3O4. The van der Waals surface area contributed by atoms with Gasteiger partial charge in [-0.25, -0.2) is 9.18 Å². The standard InChI is InChI=1S/C12H7ClFN3O4/c13-7-2-1-3-8(14)6(7)4-5-9-10(17(20)21)11(18)16-12(19)15-9/h1-5H,(H2,15,16,18,19)/b5-4+. The van der Waals surface area contributed by atoms with Gasteiger partial charge in [-0.15, -0.1) is 0 Å². The Morgan fingerprint density at radius 2 is 1.95 bits per heavy atom. The lowest BCUT2D eigenvalue weighted by Gasteiger charge is -2.00. The van der Waals surface area contributed by atoms with E-state index < -0.39 is 27.7 Å². The van der Waals surface area contributed by atoms with E-state index in [0.29, 0.717) is 0 Å². The zero-order valence-corrected chi connectivity index (χ0v) is 11.0. The number of nitrogens with one attached hydrogen (secondary N) is 2. The second kappa shape index (κ2) is 5.71. The van der Waals surface area contributed by atoms with E-state index in [2.05, 4.69) is 4.98 Å². The molecule has 0 spiro atoms. The average Bonchev–Trinajstić information content (AvgIpc) is 2.36. The van der Waals surface area contributed by atoms with Gasteiger partial charge in [0.1, 0.15) is 11.5 Å². The van der Waals surface area contributed by atoms with Crippen LogP contribution in [0.1, 0.15) is 11.3 Å². The highest BCUT2D eigenvalue weighted by Gasteiger charge is 2.19. The van der Waals surface area contributed by atoms with Crippen molar-refractivity contribution in [3.05, 3.63) is 71.2 Å². The third-order valence-corrected chi connectivity index (χ3v) is 2.87. The highest BCUT2D eigenvalue weighted by Crippen LogP contribution is 2.22. The lowest BCUT2D eigenvalue weighted by molar-refractivity contribution is -0.386. The maximum atomic E-state index is 13.6. The second-order valence-electron chi connectivity index (χ2n) is 3.90. The molecule has 0 fully saturated rings. The summed E-state index contributed by atoms with van der Waals surface area (Å²) in [5.41, 5.74) is -3.28. The average molecular weight is 312 g/mol. The van der Waals surface area contributed by atoms with Gasteiger partial charge in [-0.3, -0.25) is 19.9 Å². The van der Waals surface area contributed by atoms with Crippen molar-refractivity contribution in [3.8, 4) is 0 Å². The lowest BCUT2D eigenvalue weighted by Crippen LogP contribution is -2.25. The Bertz CT molecular complexity index is 836. The van der Waals surface area contributed by atoms with Crippen molar-refractivity contribution >= 4 is 29.4 Å². The van der Waals surface area contributed by atoms with Crippen LogP contribution < -0.4 is 11.2 Å². The smallest absolute Gasteiger partial charge is 0.301 e. The van der Waals surface area contributed by atoms with Crippen molar-refractivity contribution in [2.75, 3.05) is 0 Å². The molecule has 0 atom stereocenters. The molecule has 1 aromatic heterocycles. The maximum Gasteiger partial charge on any atom is 0.357 e. The van der Waals surface area contributed by atoms with Gasteiger partial charge in [-0.1, -0.05) is 17.7 Å². The molecule has 7 nitrogen and oxygen atoms in total. The van der Waals surface area contributed by atoms with Gasteiger partial charge in [0.05, 0.1) is 9.95 Å². The fraction of sp³-hybridized carbons (Fsp3) is 0. The highest BCUT2D eigenvalue weighted by atomic mass is 35.5. The summed E-state index contributed by atoms with van der Waals surface area (Å²) in [6.45, 7) is 0. The molecule has 1 heterocycles. The quantitative estimate of drug-likeness (QED) is 0.666. The molecular weight excluding hydrogens is 305 g/mol. The van der Waals surface area contributed by atoms with Gasteiger partial charge in [-0.05, 0) is 24.3 Å².